The summed E-state index contributed by atoms with van der Waals surface area (Å²) in [5, 5.41) is 41.9. The zero-order valence-electron chi connectivity index (χ0n) is 18.9. The topological polar surface area (TPSA) is 132 Å². The molecule has 4 rings (SSSR count). The Morgan fingerprint density at radius 2 is 1.94 bits per heavy atom. The van der Waals surface area contributed by atoms with Gasteiger partial charge in [-0.05, 0) is 72.5 Å². The van der Waals surface area contributed by atoms with Crippen molar-refractivity contribution in [2.24, 2.45) is 22.7 Å². The first kappa shape index (κ1) is 25.6. The van der Waals surface area contributed by atoms with Crippen molar-refractivity contribution in [2.75, 3.05) is 0 Å². The van der Waals surface area contributed by atoms with Crippen LogP contribution in [0.3, 0.4) is 0 Å². The van der Waals surface area contributed by atoms with E-state index in [1.165, 1.54) is 13.0 Å². The molecule has 4 aliphatic rings. The molecule has 0 radical (unpaired) electrons. The van der Waals surface area contributed by atoms with Gasteiger partial charge in [-0.3, -0.25) is 14.4 Å². The van der Waals surface area contributed by atoms with Gasteiger partial charge in [0, 0.05) is 23.2 Å². The number of ketones is 2. The highest BCUT2D eigenvalue weighted by atomic mass is 79.9. The molecule has 0 heterocycles. The molecule has 188 valence electrons. The van der Waals surface area contributed by atoms with E-state index in [0.29, 0.717) is 0 Å². The highest BCUT2D eigenvalue weighted by Gasteiger charge is 2.75. The first-order valence-corrected chi connectivity index (χ1v) is 12.2. The van der Waals surface area contributed by atoms with E-state index < -0.39 is 76.3 Å². The third-order valence-electron chi connectivity index (χ3n) is 9.18. The van der Waals surface area contributed by atoms with Crippen molar-refractivity contribution in [1.82, 2.24) is 0 Å². The molecule has 4 aliphatic carbocycles. The average molecular weight is 547 g/mol. The quantitative estimate of drug-likeness (QED) is 0.416. The Hall–Kier alpha value is -1.49. The van der Waals surface area contributed by atoms with Gasteiger partial charge in [0.15, 0.2) is 17.2 Å². The Balaban J connectivity index is 1.74. The molecule has 0 spiro atoms. The maximum atomic E-state index is 17.1. The second-order valence-electron chi connectivity index (χ2n) is 10.7. The van der Waals surface area contributed by atoms with Crippen LogP contribution in [0.4, 0.5) is 8.78 Å². The molecule has 3 unspecified atom stereocenters. The van der Waals surface area contributed by atoms with Crippen molar-refractivity contribution < 1.29 is 43.6 Å². The predicted molar refractivity (Wildman–Crippen MR) is 119 cm³/mol. The lowest BCUT2D eigenvalue weighted by atomic mass is 9.44. The van der Waals surface area contributed by atoms with E-state index in [1.807, 2.05) is 0 Å². The number of halogens is 3. The molecule has 3 saturated carbocycles. The number of hydrogen-bond acceptors (Lipinski definition) is 6. The van der Waals surface area contributed by atoms with E-state index in [4.69, 9.17) is 5.11 Å². The number of allylic oxidation sites excluding steroid dienone is 4. The van der Waals surface area contributed by atoms with Crippen LogP contribution in [0, 0.1) is 22.7 Å². The van der Waals surface area contributed by atoms with Gasteiger partial charge in [0.25, 0.3) is 0 Å². The molecule has 10 heteroatoms. The molecule has 7 nitrogen and oxygen atoms in total. The molecule has 3 fully saturated rings. The van der Waals surface area contributed by atoms with Gasteiger partial charge in [0.05, 0.1) is 10.6 Å². The summed E-state index contributed by atoms with van der Waals surface area (Å²) in [5.41, 5.74) is -7.50. The SMILES string of the molecule is C[C@]12C=C(Br)C(=O)C=C1C(F)C[C@H]1[C@@H]3CC[C@](O)(C(=O)C(O)CCC(=O)O)[C@@]3(C)CC(O)[C@@]12F. The van der Waals surface area contributed by atoms with E-state index in [9.17, 15) is 29.7 Å². The fraction of sp³-hybridized carbons (Fsp3) is 0.708. The molecule has 0 aliphatic heterocycles. The second kappa shape index (κ2) is 8.01. The number of rotatable bonds is 5. The van der Waals surface area contributed by atoms with Crippen LogP contribution in [0.1, 0.15) is 52.4 Å². The lowest BCUT2D eigenvalue weighted by Gasteiger charge is -2.63. The number of hydrogen-bond donors (Lipinski definition) is 4. The van der Waals surface area contributed by atoms with Crippen molar-refractivity contribution >= 4 is 33.5 Å². The van der Waals surface area contributed by atoms with Crippen molar-refractivity contribution in [1.29, 1.82) is 0 Å². The van der Waals surface area contributed by atoms with Crippen LogP contribution in [0.2, 0.25) is 0 Å². The molecule has 0 saturated heterocycles. The molecule has 0 amide bonds. The Bertz CT molecular complexity index is 1010. The lowest BCUT2D eigenvalue weighted by molar-refractivity contribution is -0.223. The van der Waals surface area contributed by atoms with E-state index in [-0.39, 0.29) is 42.2 Å². The highest BCUT2D eigenvalue weighted by molar-refractivity contribution is 9.12. The smallest absolute Gasteiger partial charge is 0.303 e. The van der Waals surface area contributed by atoms with Gasteiger partial charge < -0.3 is 20.4 Å². The molecular weight excluding hydrogens is 518 g/mol. The summed E-state index contributed by atoms with van der Waals surface area (Å²) in [7, 11) is 0. The highest BCUT2D eigenvalue weighted by Crippen LogP contribution is 2.70. The summed E-state index contributed by atoms with van der Waals surface area (Å²) in [6, 6.07) is 0. The number of carbonyl (C=O) groups excluding carboxylic acids is 2. The molecule has 34 heavy (non-hydrogen) atoms. The third-order valence-corrected chi connectivity index (χ3v) is 9.80. The Labute approximate surface area is 204 Å². The summed E-state index contributed by atoms with van der Waals surface area (Å²) < 4.78 is 32.6. The minimum atomic E-state index is -2.36. The number of aliphatic hydroxyl groups excluding tert-OH is 2. The Kier molecular flexibility index (Phi) is 6.03. The van der Waals surface area contributed by atoms with Crippen LogP contribution in [-0.2, 0) is 14.4 Å². The minimum Gasteiger partial charge on any atom is -0.481 e. The number of carbonyl (C=O) groups is 3. The molecule has 0 aromatic carbocycles. The van der Waals surface area contributed by atoms with Gasteiger partial charge in [0.2, 0.25) is 0 Å². The van der Waals surface area contributed by atoms with Crippen LogP contribution in [0.5, 0.6) is 0 Å². The van der Waals surface area contributed by atoms with Crippen molar-refractivity contribution in [2.45, 2.75) is 82.0 Å². The predicted octanol–water partition coefficient (Wildman–Crippen LogP) is 2.55. The summed E-state index contributed by atoms with van der Waals surface area (Å²) in [5.74, 6) is -4.40. The fourth-order valence-corrected chi connectivity index (χ4v) is 7.91. The normalized spacial score (nSPS) is 46.5. The second-order valence-corrected chi connectivity index (χ2v) is 11.5. The summed E-state index contributed by atoms with van der Waals surface area (Å²) in [6.45, 7) is 3.01. The van der Waals surface area contributed by atoms with Crippen molar-refractivity contribution in [3.05, 3.63) is 22.2 Å². The minimum absolute atomic E-state index is 0.0319. The van der Waals surface area contributed by atoms with Crippen LogP contribution < -0.4 is 0 Å². The fourth-order valence-electron chi connectivity index (χ4n) is 7.33. The van der Waals surface area contributed by atoms with Crippen LogP contribution in [-0.4, -0.2) is 67.6 Å². The Morgan fingerprint density at radius 3 is 2.56 bits per heavy atom. The number of aliphatic carboxylic acids is 1. The Morgan fingerprint density at radius 1 is 1.29 bits per heavy atom. The van der Waals surface area contributed by atoms with Crippen molar-refractivity contribution in [3.63, 3.8) is 0 Å². The van der Waals surface area contributed by atoms with E-state index in [1.54, 1.807) is 6.92 Å². The van der Waals surface area contributed by atoms with Gasteiger partial charge in [-0.15, -0.1) is 0 Å². The van der Waals surface area contributed by atoms with Gasteiger partial charge in [-0.25, -0.2) is 8.78 Å². The molecule has 4 N–H and O–H groups in total. The van der Waals surface area contributed by atoms with Crippen LogP contribution in [0.25, 0.3) is 0 Å². The first-order valence-electron chi connectivity index (χ1n) is 11.5. The number of Topliss-reactive ketones (excluding diaryl/α,β-unsaturated/α-hetero) is 1. The standard InChI is InChI=1S/C24H29BrF2O7/c1-21-10-18(30)24(27)12(7-15(26)13-8-17(29)14(25)9-22(13,24)2)11(21)5-6-23(21,34)20(33)16(28)3-4-19(31)32/h8-9,11-12,15-16,18,28,30,34H,3-7,10H2,1-2H3,(H,31,32)/t11-,12-,15?,16?,18?,21-,22-,23-,24-/m0/s1. The number of fused-ring (bicyclic) bond motifs is 5. The molecule has 9 atom stereocenters. The van der Waals surface area contributed by atoms with Crippen molar-refractivity contribution in [3.8, 4) is 0 Å². The lowest BCUT2D eigenvalue weighted by Crippen LogP contribution is -2.70. The number of aliphatic hydroxyl groups is 3. The van der Waals surface area contributed by atoms with E-state index >= 15 is 8.78 Å². The zero-order valence-corrected chi connectivity index (χ0v) is 20.5. The average Bonchev–Trinajstić information content (AvgIpc) is 3.01. The van der Waals surface area contributed by atoms with Gasteiger partial charge in [0.1, 0.15) is 17.9 Å². The van der Waals surface area contributed by atoms with E-state index in [0.717, 1.165) is 6.08 Å². The van der Waals surface area contributed by atoms with E-state index in [2.05, 4.69) is 15.9 Å². The van der Waals surface area contributed by atoms with Gasteiger partial charge in [-0.2, -0.15) is 0 Å². The number of alkyl halides is 2. The number of carboxylic acids is 1. The van der Waals surface area contributed by atoms with Crippen LogP contribution in [0.15, 0.2) is 22.2 Å². The summed E-state index contributed by atoms with van der Waals surface area (Å²) in [6.07, 6.45) is -4.14. The first-order chi connectivity index (χ1) is 15.6. The maximum absolute atomic E-state index is 17.1. The maximum Gasteiger partial charge on any atom is 0.303 e. The van der Waals surface area contributed by atoms with Crippen LogP contribution >= 0.6 is 15.9 Å². The molecule has 0 aromatic heterocycles. The number of carboxylic acid groups (broad SMARTS) is 1. The molecular formula is C24H29BrF2O7. The molecule has 0 aromatic rings. The molecule has 0 bridgehead atoms. The summed E-state index contributed by atoms with van der Waals surface area (Å²) >= 11 is 3.12. The monoisotopic (exact) mass is 546 g/mol. The third kappa shape index (κ3) is 3.17. The zero-order chi connectivity index (χ0) is 25.4. The largest absolute Gasteiger partial charge is 0.481 e. The summed E-state index contributed by atoms with van der Waals surface area (Å²) in [4.78, 5) is 36.1. The van der Waals surface area contributed by atoms with Gasteiger partial charge >= 0.3 is 5.97 Å². The van der Waals surface area contributed by atoms with Gasteiger partial charge in [-0.1, -0.05) is 13.0 Å².